The van der Waals surface area contributed by atoms with Gasteiger partial charge in [-0.15, -0.1) is 0 Å². The minimum Gasteiger partial charge on any atom is -0.314 e. The van der Waals surface area contributed by atoms with Gasteiger partial charge in [0.25, 0.3) is 0 Å². The lowest BCUT2D eigenvalue weighted by Crippen LogP contribution is -2.64. The molecule has 0 unspecified atom stereocenters. The van der Waals surface area contributed by atoms with Crippen molar-refractivity contribution >= 4 is 0 Å². The topological polar surface area (TPSA) is 63.2 Å². The highest BCUT2D eigenvalue weighted by molar-refractivity contribution is 4.99. The van der Waals surface area contributed by atoms with Crippen LogP contribution in [0, 0.1) is 0 Å². The molecule has 6 nitrogen and oxygen atoms in total. The summed E-state index contributed by atoms with van der Waals surface area (Å²) in [5.41, 5.74) is 0.201. The first-order chi connectivity index (χ1) is 13.3. The third kappa shape index (κ3) is 7.37. The van der Waals surface area contributed by atoms with Crippen molar-refractivity contribution in [3.8, 4) is 0 Å². The van der Waals surface area contributed by atoms with Gasteiger partial charge in [0.05, 0.1) is 6.10 Å². The summed E-state index contributed by atoms with van der Waals surface area (Å²) >= 11 is 0. The highest BCUT2D eigenvalue weighted by Crippen LogP contribution is 2.40. The van der Waals surface area contributed by atoms with Crippen LogP contribution in [0.15, 0.2) is 19.0 Å². The maximum absolute atomic E-state index is 6.54. The van der Waals surface area contributed by atoms with Gasteiger partial charge in [0.1, 0.15) is 19.0 Å². The SMILES string of the molecule is CCCCNC1CC(C)(C)N(OC2CCCCC2)C(C)(C)C1.c1ncncn1. The highest BCUT2D eigenvalue weighted by Gasteiger charge is 2.47. The molecule has 1 saturated carbocycles. The van der Waals surface area contributed by atoms with Gasteiger partial charge < -0.3 is 5.32 Å². The van der Waals surface area contributed by atoms with Crippen molar-refractivity contribution in [2.75, 3.05) is 6.54 Å². The molecule has 1 N–H and O–H groups in total. The molecule has 3 rings (SSSR count). The van der Waals surface area contributed by atoms with E-state index < -0.39 is 0 Å². The van der Waals surface area contributed by atoms with Crippen molar-refractivity contribution in [2.45, 2.75) is 116 Å². The van der Waals surface area contributed by atoms with Crippen LogP contribution in [0.5, 0.6) is 0 Å². The second kappa shape index (κ2) is 11.2. The van der Waals surface area contributed by atoms with E-state index in [4.69, 9.17) is 4.84 Å². The van der Waals surface area contributed by atoms with Crippen molar-refractivity contribution < 1.29 is 4.84 Å². The van der Waals surface area contributed by atoms with Crippen LogP contribution in [0.1, 0.15) is 92.4 Å². The van der Waals surface area contributed by atoms with E-state index in [1.807, 2.05) is 0 Å². The van der Waals surface area contributed by atoms with E-state index in [1.54, 1.807) is 0 Å². The molecule has 1 aliphatic heterocycles. The third-order valence-electron chi connectivity index (χ3n) is 5.76. The maximum Gasteiger partial charge on any atom is 0.119 e. The lowest BCUT2D eigenvalue weighted by atomic mass is 9.79. The van der Waals surface area contributed by atoms with Crippen LogP contribution in [0.2, 0.25) is 0 Å². The first-order valence-corrected chi connectivity index (χ1v) is 11.1. The smallest absolute Gasteiger partial charge is 0.119 e. The van der Waals surface area contributed by atoms with Gasteiger partial charge in [-0.1, -0.05) is 32.6 Å². The molecule has 2 aliphatic rings. The maximum atomic E-state index is 6.54. The fourth-order valence-corrected chi connectivity index (χ4v) is 4.70. The van der Waals surface area contributed by atoms with Crippen LogP contribution in [-0.2, 0) is 4.84 Å². The van der Waals surface area contributed by atoms with E-state index in [0.717, 1.165) is 6.54 Å². The van der Waals surface area contributed by atoms with Gasteiger partial charge in [-0.25, -0.2) is 15.0 Å². The summed E-state index contributed by atoms with van der Waals surface area (Å²) in [4.78, 5) is 17.2. The molecule has 2 heterocycles. The summed E-state index contributed by atoms with van der Waals surface area (Å²) in [5.74, 6) is 0. The molecular formula is C22H41N5O. The summed E-state index contributed by atoms with van der Waals surface area (Å²) in [6, 6.07) is 0.614. The van der Waals surface area contributed by atoms with Crippen LogP contribution in [0.25, 0.3) is 0 Å². The van der Waals surface area contributed by atoms with Gasteiger partial charge in [0, 0.05) is 17.1 Å². The predicted molar refractivity (Wildman–Crippen MR) is 114 cm³/mol. The Balaban J connectivity index is 0.000000397. The van der Waals surface area contributed by atoms with Gasteiger partial charge in [-0.05, 0) is 66.3 Å². The van der Waals surface area contributed by atoms with Crippen LogP contribution in [0.3, 0.4) is 0 Å². The number of nitrogens with one attached hydrogen (secondary N) is 1. The molecule has 0 bridgehead atoms. The molecule has 160 valence electrons. The predicted octanol–water partition coefficient (Wildman–Crippen LogP) is 4.53. The number of nitrogens with zero attached hydrogens (tertiary/aromatic N) is 4. The van der Waals surface area contributed by atoms with Gasteiger partial charge >= 0.3 is 0 Å². The molecule has 2 fully saturated rings. The summed E-state index contributed by atoms with van der Waals surface area (Å²) in [6.45, 7) is 12.8. The fraction of sp³-hybridized carbons (Fsp3) is 0.864. The number of hydrogen-bond donors (Lipinski definition) is 1. The van der Waals surface area contributed by atoms with Gasteiger partial charge in [-0.2, -0.15) is 5.06 Å². The molecular weight excluding hydrogens is 350 g/mol. The second-order valence-corrected chi connectivity index (χ2v) is 9.49. The van der Waals surface area contributed by atoms with Crippen LogP contribution in [0.4, 0.5) is 0 Å². The minimum atomic E-state index is 0.100. The number of unbranched alkanes of at least 4 members (excludes halogenated alkanes) is 1. The number of rotatable bonds is 6. The van der Waals surface area contributed by atoms with E-state index in [2.05, 4.69) is 60.0 Å². The van der Waals surface area contributed by atoms with Gasteiger partial charge in [-0.3, -0.25) is 4.84 Å². The Morgan fingerprint density at radius 1 is 0.929 bits per heavy atom. The van der Waals surface area contributed by atoms with E-state index in [0.29, 0.717) is 12.1 Å². The average molecular weight is 392 g/mol. The zero-order chi connectivity index (χ0) is 20.5. The molecule has 1 saturated heterocycles. The molecule has 6 heteroatoms. The Labute approximate surface area is 171 Å². The Morgan fingerprint density at radius 3 is 1.93 bits per heavy atom. The number of hydrogen-bond acceptors (Lipinski definition) is 6. The van der Waals surface area contributed by atoms with E-state index in [1.165, 1.54) is 76.8 Å². The Hall–Kier alpha value is -1.11. The molecule has 0 spiro atoms. The summed E-state index contributed by atoms with van der Waals surface area (Å²) < 4.78 is 0. The first-order valence-electron chi connectivity index (χ1n) is 11.1. The number of aromatic nitrogens is 3. The molecule has 28 heavy (non-hydrogen) atoms. The normalized spacial score (nSPS) is 23.0. The van der Waals surface area contributed by atoms with Gasteiger partial charge in [0.2, 0.25) is 0 Å². The van der Waals surface area contributed by atoms with Crippen LogP contribution in [-0.4, -0.2) is 49.8 Å². The zero-order valence-electron chi connectivity index (χ0n) is 18.7. The van der Waals surface area contributed by atoms with Crippen molar-refractivity contribution in [3.05, 3.63) is 19.0 Å². The first kappa shape index (κ1) is 23.2. The molecule has 1 aromatic heterocycles. The van der Waals surface area contributed by atoms with Crippen LogP contribution < -0.4 is 5.32 Å². The van der Waals surface area contributed by atoms with Crippen molar-refractivity contribution in [1.82, 2.24) is 25.3 Å². The Kier molecular flexibility index (Phi) is 9.25. The van der Waals surface area contributed by atoms with E-state index in [-0.39, 0.29) is 11.1 Å². The summed E-state index contributed by atoms with van der Waals surface area (Å²) in [6.07, 6.45) is 16.2. The monoisotopic (exact) mass is 391 g/mol. The Bertz CT molecular complexity index is 486. The quantitative estimate of drug-likeness (QED) is 0.719. The molecule has 0 radical (unpaired) electrons. The second-order valence-electron chi connectivity index (χ2n) is 9.49. The Morgan fingerprint density at radius 2 is 1.46 bits per heavy atom. The third-order valence-corrected chi connectivity index (χ3v) is 5.76. The highest BCUT2D eigenvalue weighted by atomic mass is 16.7. The van der Waals surface area contributed by atoms with Crippen LogP contribution >= 0.6 is 0 Å². The average Bonchev–Trinajstić information content (AvgIpc) is 2.67. The van der Waals surface area contributed by atoms with Crippen molar-refractivity contribution in [2.24, 2.45) is 0 Å². The standard InChI is InChI=1S/C19H38N2O.C3H3N3/c1-6-7-13-20-16-14-18(2,3)21(19(4,5)15-16)22-17-11-9-8-10-12-17;1-4-2-6-3-5-1/h16-17,20H,6-15H2,1-5H3;1-3H. The largest absolute Gasteiger partial charge is 0.314 e. The lowest BCUT2D eigenvalue weighted by molar-refractivity contribution is -0.310. The van der Waals surface area contributed by atoms with E-state index in [9.17, 15) is 0 Å². The zero-order valence-corrected chi connectivity index (χ0v) is 18.7. The molecule has 0 atom stereocenters. The van der Waals surface area contributed by atoms with E-state index >= 15 is 0 Å². The molecule has 0 aromatic carbocycles. The number of piperidine rings is 1. The summed E-state index contributed by atoms with van der Waals surface area (Å²) in [5, 5.41) is 6.13. The number of hydroxylamine groups is 2. The summed E-state index contributed by atoms with van der Waals surface area (Å²) in [7, 11) is 0. The van der Waals surface area contributed by atoms with Crippen molar-refractivity contribution in [1.29, 1.82) is 0 Å². The lowest BCUT2D eigenvalue weighted by Gasteiger charge is -2.55. The fourth-order valence-electron chi connectivity index (χ4n) is 4.70. The molecule has 0 amide bonds. The molecule has 1 aliphatic carbocycles. The molecule has 1 aromatic rings. The minimum absolute atomic E-state index is 0.100. The van der Waals surface area contributed by atoms with Gasteiger partial charge in [0.15, 0.2) is 0 Å². The van der Waals surface area contributed by atoms with Crippen molar-refractivity contribution in [3.63, 3.8) is 0 Å².